The van der Waals surface area contributed by atoms with Crippen LogP contribution in [-0.2, 0) is 11.0 Å². The normalized spacial score (nSPS) is 20.4. The SMILES string of the molecule is O=C(O)CN1C(=O)N(c2ncc(C(F)(F)F)cn2)CC12CCCCC2. The van der Waals surface area contributed by atoms with Gasteiger partial charge in [-0.15, -0.1) is 0 Å². The third-order valence-electron chi connectivity index (χ3n) is 4.77. The highest BCUT2D eigenvalue weighted by Crippen LogP contribution is 2.40. The maximum absolute atomic E-state index is 12.7. The van der Waals surface area contributed by atoms with Gasteiger partial charge in [-0.05, 0) is 12.8 Å². The van der Waals surface area contributed by atoms with Crippen LogP contribution < -0.4 is 4.90 Å². The van der Waals surface area contributed by atoms with Crippen molar-refractivity contribution in [3.8, 4) is 0 Å². The lowest BCUT2D eigenvalue weighted by atomic mass is 9.81. The number of anilines is 1. The zero-order valence-corrected chi connectivity index (χ0v) is 13.3. The van der Waals surface area contributed by atoms with E-state index in [1.54, 1.807) is 0 Å². The van der Waals surface area contributed by atoms with Crippen LogP contribution in [0.5, 0.6) is 0 Å². The van der Waals surface area contributed by atoms with E-state index in [2.05, 4.69) is 9.97 Å². The molecule has 1 N–H and O–H groups in total. The van der Waals surface area contributed by atoms with E-state index < -0.39 is 35.8 Å². The molecule has 1 saturated carbocycles. The molecule has 0 atom stereocenters. The first-order valence-corrected chi connectivity index (χ1v) is 7.93. The average molecular weight is 358 g/mol. The van der Waals surface area contributed by atoms with Crippen molar-refractivity contribution in [2.75, 3.05) is 18.0 Å². The van der Waals surface area contributed by atoms with Crippen LogP contribution in [-0.4, -0.2) is 50.6 Å². The van der Waals surface area contributed by atoms with Gasteiger partial charge in [0, 0.05) is 12.4 Å². The van der Waals surface area contributed by atoms with Crippen LogP contribution >= 0.6 is 0 Å². The predicted octanol–water partition coefficient (Wildman–Crippen LogP) is 2.52. The molecule has 25 heavy (non-hydrogen) atoms. The van der Waals surface area contributed by atoms with Gasteiger partial charge < -0.3 is 10.0 Å². The topological polar surface area (TPSA) is 86.6 Å². The highest BCUT2D eigenvalue weighted by molar-refractivity contribution is 5.95. The lowest BCUT2D eigenvalue weighted by Crippen LogP contribution is -2.50. The number of hydrogen-bond donors (Lipinski definition) is 1. The van der Waals surface area contributed by atoms with Crippen LogP contribution in [0.2, 0.25) is 0 Å². The molecule has 2 fully saturated rings. The fourth-order valence-electron chi connectivity index (χ4n) is 3.57. The Bertz CT molecular complexity index is 672. The van der Waals surface area contributed by atoms with Gasteiger partial charge in [-0.2, -0.15) is 13.2 Å². The molecule has 1 aliphatic heterocycles. The smallest absolute Gasteiger partial charge is 0.419 e. The maximum Gasteiger partial charge on any atom is 0.419 e. The molecule has 1 spiro atoms. The Balaban J connectivity index is 1.89. The minimum absolute atomic E-state index is 0.143. The fourth-order valence-corrected chi connectivity index (χ4v) is 3.57. The van der Waals surface area contributed by atoms with Gasteiger partial charge >= 0.3 is 18.2 Å². The van der Waals surface area contributed by atoms with E-state index in [0.717, 1.165) is 19.3 Å². The number of rotatable bonds is 3. The second-order valence-corrected chi connectivity index (χ2v) is 6.40. The van der Waals surface area contributed by atoms with Gasteiger partial charge in [0.25, 0.3) is 0 Å². The van der Waals surface area contributed by atoms with Gasteiger partial charge in [0.05, 0.1) is 17.6 Å². The Morgan fingerprint density at radius 1 is 1.20 bits per heavy atom. The number of nitrogens with zero attached hydrogens (tertiary/aromatic N) is 4. The Morgan fingerprint density at radius 2 is 1.80 bits per heavy atom. The Kier molecular flexibility index (Phi) is 4.29. The summed E-state index contributed by atoms with van der Waals surface area (Å²) in [6.45, 7) is -0.263. The van der Waals surface area contributed by atoms with E-state index in [1.165, 1.54) is 9.80 Å². The summed E-state index contributed by atoms with van der Waals surface area (Å²) in [5.41, 5.74) is -1.63. The summed E-state index contributed by atoms with van der Waals surface area (Å²) < 4.78 is 37.9. The van der Waals surface area contributed by atoms with Crippen molar-refractivity contribution in [3.63, 3.8) is 0 Å². The van der Waals surface area contributed by atoms with Crippen LogP contribution in [0.1, 0.15) is 37.7 Å². The van der Waals surface area contributed by atoms with E-state index in [4.69, 9.17) is 5.11 Å². The van der Waals surface area contributed by atoms with Crippen LogP contribution in [0.15, 0.2) is 12.4 Å². The molecule has 0 aromatic carbocycles. The minimum atomic E-state index is -4.56. The van der Waals surface area contributed by atoms with Crippen LogP contribution in [0, 0.1) is 0 Å². The molecule has 136 valence electrons. The standard InChI is InChI=1S/C15H17F3N4O3/c16-15(17,18)10-6-19-12(20-7-10)21-9-14(4-2-1-3-5-14)22(13(21)25)8-11(23)24/h6-7H,1-5,8-9H2,(H,23,24). The van der Waals surface area contributed by atoms with Gasteiger partial charge in [-0.1, -0.05) is 19.3 Å². The van der Waals surface area contributed by atoms with E-state index >= 15 is 0 Å². The first-order chi connectivity index (χ1) is 11.7. The first-order valence-electron chi connectivity index (χ1n) is 7.93. The fraction of sp³-hybridized carbons (Fsp3) is 0.600. The number of aromatic nitrogens is 2. The van der Waals surface area contributed by atoms with Gasteiger partial charge in [0.1, 0.15) is 6.54 Å². The monoisotopic (exact) mass is 358 g/mol. The molecule has 2 aliphatic rings. The van der Waals surface area contributed by atoms with Crippen molar-refractivity contribution in [2.24, 2.45) is 0 Å². The quantitative estimate of drug-likeness (QED) is 0.897. The van der Waals surface area contributed by atoms with Crippen LogP contribution in [0.25, 0.3) is 0 Å². The molecule has 3 rings (SSSR count). The largest absolute Gasteiger partial charge is 0.480 e. The lowest BCUT2D eigenvalue weighted by molar-refractivity contribution is -0.139. The summed E-state index contributed by atoms with van der Waals surface area (Å²) in [6.07, 6.45) is 0.746. The summed E-state index contributed by atoms with van der Waals surface area (Å²) >= 11 is 0. The van der Waals surface area contributed by atoms with Crippen molar-refractivity contribution in [2.45, 2.75) is 43.8 Å². The van der Waals surface area contributed by atoms with Crippen molar-refractivity contribution in [1.29, 1.82) is 0 Å². The summed E-state index contributed by atoms with van der Waals surface area (Å²) in [5.74, 6) is -1.27. The summed E-state index contributed by atoms with van der Waals surface area (Å²) in [5, 5.41) is 9.12. The van der Waals surface area contributed by atoms with E-state index in [9.17, 15) is 22.8 Å². The minimum Gasteiger partial charge on any atom is -0.480 e. The lowest BCUT2D eigenvalue weighted by Gasteiger charge is -2.39. The first kappa shape index (κ1) is 17.4. The Morgan fingerprint density at radius 3 is 2.32 bits per heavy atom. The zero-order chi connectivity index (χ0) is 18.2. The molecular formula is C15H17F3N4O3. The molecule has 0 bridgehead atoms. The van der Waals surface area contributed by atoms with Crippen molar-refractivity contribution >= 4 is 17.9 Å². The van der Waals surface area contributed by atoms with Gasteiger partial charge in [0.2, 0.25) is 5.95 Å². The van der Waals surface area contributed by atoms with Gasteiger partial charge in [-0.25, -0.2) is 14.8 Å². The molecule has 1 aliphatic carbocycles. The van der Waals surface area contributed by atoms with Gasteiger partial charge in [-0.3, -0.25) is 9.69 Å². The number of halogens is 3. The number of amides is 2. The number of carbonyl (C=O) groups excluding carboxylic acids is 1. The molecule has 2 heterocycles. The van der Waals surface area contributed by atoms with Gasteiger partial charge in [0.15, 0.2) is 0 Å². The molecule has 1 saturated heterocycles. The molecule has 10 heteroatoms. The third-order valence-corrected chi connectivity index (χ3v) is 4.77. The number of aliphatic carboxylic acids is 1. The van der Waals surface area contributed by atoms with Crippen LogP contribution in [0.4, 0.5) is 23.9 Å². The zero-order valence-electron chi connectivity index (χ0n) is 13.3. The average Bonchev–Trinajstić information content (AvgIpc) is 2.80. The van der Waals surface area contributed by atoms with E-state index in [0.29, 0.717) is 25.2 Å². The number of urea groups is 1. The maximum atomic E-state index is 12.7. The number of alkyl halides is 3. The highest BCUT2D eigenvalue weighted by Gasteiger charge is 2.51. The molecule has 2 amide bonds. The Labute approximate surface area is 141 Å². The van der Waals surface area contributed by atoms with Crippen molar-refractivity contribution in [3.05, 3.63) is 18.0 Å². The molecule has 7 nitrogen and oxygen atoms in total. The molecule has 1 aromatic heterocycles. The second kappa shape index (κ2) is 6.16. The van der Waals surface area contributed by atoms with Crippen molar-refractivity contribution < 1.29 is 27.9 Å². The predicted molar refractivity (Wildman–Crippen MR) is 79.9 cm³/mol. The molecule has 0 unspecified atom stereocenters. The second-order valence-electron chi connectivity index (χ2n) is 6.40. The van der Waals surface area contributed by atoms with E-state index in [1.807, 2.05) is 0 Å². The van der Waals surface area contributed by atoms with E-state index in [-0.39, 0.29) is 12.5 Å². The number of carboxylic acids is 1. The van der Waals surface area contributed by atoms with Crippen molar-refractivity contribution in [1.82, 2.24) is 14.9 Å². The summed E-state index contributed by atoms with van der Waals surface area (Å²) in [7, 11) is 0. The molecule has 0 radical (unpaired) electrons. The number of hydrogen-bond acceptors (Lipinski definition) is 4. The number of carboxylic acid groups (broad SMARTS) is 1. The Hall–Kier alpha value is -2.39. The summed E-state index contributed by atoms with van der Waals surface area (Å²) in [4.78, 5) is 33.7. The molecule has 1 aromatic rings. The third kappa shape index (κ3) is 3.24. The van der Waals surface area contributed by atoms with Crippen LogP contribution in [0.3, 0.4) is 0 Å². The molecular weight excluding hydrogens is 341 g/mol. The number of carbonyl (C=O) groups is 2. The highest BCUT2D eigenvalue weighted by atomic mass is 19.4. The summed E-state index contributed by atoms with van der Waals surface area (Å²) in [6, 6.07) is -0.580.